The van der Waals surface area contributed by atoms with Crippen LogP contribution in [0, 0.1) is 0 Å². The number of furan rings is 1. The van der Waals surface area contributed by atoms with Crippen molar-refractivity contribution in [2.75, 3.05) is 6.61 Å². The van der Waals surface area contributed by atoms with Gasteiger partial charge >= 0.3 is 0 Å². The topological polar surface area (TPSA) is 93.5 Å². The van der Waals surface area contributed by atoms with Crippen LogP contribution in [0.3, 0.4) is 0 Å². The molecule has 7 nitrogen and oxygen atoms in total. The van der Waals surface area contributed by atoms with Gasteiger partial charge in [-0.15, -0.1) is 0 Å². The van der Waals surface area contributed by atoms with Crippen LogP contribution in [0.4, 0.5) is 0 Å². The number of amides is 2. The van der Waals surface area contributed by atoms with Gasteiger partial charge in [0.15, 0.2) is 5.76 Å². The summed E-state index contributed by atoms with van der Waals surface area (Å²) in [5, 5.41) is 5.64. The Hall–Kier alpha value is -3.61. The van der Waals surface area contributed by atoms with Crippen molar-refractivity contribution in [3.8, 4) is 5.88 Å². The molecule has 0 aliphatic rings. The molecule has 2 N–H and O–H groups in total. The number of rotatable bonds is 10. The fourth-order valence-corrected chi connectivity index (χ4v) is 2.89. The third kappa shape index (κ3) is 5.94. The van der Waals surface area contributed by atoms with Gasteiger partial charge in [0.05, 0.1) is 12.9 Å². The van der Waals surface area contributed by atoms with Gasteiger partial charge in [0.25, 0.3) is 5.91 Å². The van der Waals surface area contributed by atoms with E-state index in [4.69, 9.17) is 9.15 Å². The standard InChI is InChI=1S/C23H25N3O4/c1-2-13-30-23-18(10-6-12-24-23)16-25-21(27)19(15-17-8-4-3-5-9-17)26-22(28)20-11-7-14-29-20/h3-12,14,19H,2,13,15-16H2,1H3,(H,25,27)(H,26,28). The number of hydrogen-bond donors (Lipinski definition) is 2. The normalized spacial score (nSPS) is 11.5. The number of pyridine rings is 1. The molecule has 30 heavy (non-hydrogen) atoms. The van der Waals surface area contributed by atoms with Crippen LogP contribution in [-0.2, 0) is 17.8 Å². The first kappa shape index (κ1) is 21.1. The Kier molecular flexibility index (Phi) is 7.60. The zero-order valence-corrected chi connectivity index (χ0v) is 16.8. The fraction of sp³-hybridized carbons (Fsp3) is 0.261. The minimum absolute atomic E-state index is 0.156. The average Bonchev–Trinajstić information content (AvgIpc) is 3.32. The first-order valence-electron chi connectivity index (χ1n) is 9.90. The van der Waals surface area contributed by atoms with Crippen LogP contribution in [0.5, 0.6) is 5.88 Å². The van der Waals surface area contributed by atoms with E-state index in [0.717, 1.165) is 17.5 Å². The maximum atomic E-state index is 12.9. The molecule has 0 saturated carbocycles. The number of benzene rings is 1. The molecule has 156 valence electrons. The van der Waals surface area contributed by atoms with E-state index in [0.29, 0.717) is 18.9 Å². The molecule has 3 rings (SSSR count). The summed E-state index contributed by atoms with van der Waals surface area (Å²) in [6, 6.07) is 15.6. The second-order valence-corrected chi connectivity index (χ2v) is 6.73. The highest BCUT2D eigenvalue weighted by Gasteiger charge is 2.23. The molecule has 0 saturated heterocycles. The van der Waals surface area contributed by atoms with Crippen LogP contribution in [0.1, 0.15) is 35.0 Å². The quantitative estimate of drug-likeness (QED) is 0.539. The molecule has 0 fully saturated rings. The number of carbonyl (C=O) groups is 2. The third-order valence-corrected chi connectivity index (χ3v) is 4.40. The fourth-order valence-electron chi connectivity index (χ4n) is 2.89. The van der Waals surface area contributed by atoms with Gasteiger partial charge in [-0.25, -0.2) is 4.98 Å². The van der Waals surface area contributed by atoms with Crippen molar-refractivity contribution in [1.82, 2.24) is 15.6 Å². The number of ether oxygens (including phenoxy) is 1. The third-order valence-electron chi connectivity index (χ3n) is 4.40. The van der Waals surface area contributed by atoms with Crippen molar-refractivity contribution in [3.05, 3.63) is 83.9 Å². The SMILES string of the molecule is CCCOc1ncccc1CNC(=O)C(Cc1ccccc1)NC(=O)c1ccco1. The Morgan fingerprint density at radius 3 is 2.67 bits per heavy atom. The van der Waals surface area contributed by atoms with Crippen molar-refractivity contribution < 1.29 is 18.7 Å². The summed E-state index contributed by atoms with van der Waals surface area (Å²) >= 11 is 0. The van der Waals surface area contributed by atoms with Crippen LogP contribution in [0.2, 0.25) is 0 Å². The summed E-state index contributed by atoms with van der Waals surface area (Å²) in [7, 11) is 0. The van der Waals surface area contributed by atoms with Crippen LogP contribution in [-0.4, -0.2) is 29.4 Å². The summed E-state index contributed by atoms with van der Waals surface area (Å²) in [6.07, 6.45) is 4.28. The monoisotopic (exact) mass is 407 g/mol. The predicted molar refractivity (Wildman–Crippen MR) is 112 cm³/mol. The number of nitrogens with zero attached hydrogens (tertiary/aromatic N) is 1. The van der Waals surface area contributed by atoms with E-state index < -0.39 is 11.9 Å². The van der Waals surface area contributed by atoms with E-state index in [2.05, 4.69) is 15.6 Å². The molecule has 3 aromatic rings. The van der Waals surface area contributed by atoms with Gasteiger partial charge < -0.3 is 19.8 Å². The number of hydrogen-bond acceptors (Lipinski definition) is 5. The van der Waals surface area contributed by atoms with Crippen molar-refractivity contribution in [2.45, 2.75) is 32.4 Å². The lowest BCUT2D eigenvalue weighted by atomic mass is 10.0. The van der Waals surface area contributed by atoms with E-state index in [1.807, 2.05) is 43.3 Å². The van der Waals surface area contributed by atoms with Gasteiger partial charge in [-0.2, -0.15) is 0 Å². The lowest BCUT2D eigenvalue weighted by Crippen LogP contribution is -2.47. The lowest BCUT2D eigenvalue weighted by molar-refractivity contribution is -0.123. The summed E-state index contributed by atoms with van der Waals surface area (Å²) in [5.74, 6) is -0.0873. The Bertz CT molecular complexity index is 942. The molecule has 0 spiro atoms. The molecule has 0 radical (unpaired) electrons. The van der Waals surface area contributed by atoms with Gasteiger partial charge in [0, 0.05) is 24.7 Å². The molecule has 2 amide bonds. The summed E-state index contributed by atoms with van der Waals surface area (Å²) < 4.78 is 10.8. The molecule has 7 heteroatoms. The summed E-state index contributed by atoms with van der Waals surface area (Å²) in [6.45, 7) is 2.81. The second-order valence-electron chi connectivity index (χ2n) is 6.73. The zero-order chi connectivity index (χ0) is 21.2. The van der Waals surface area contributed by atoms with Gasteiger partial charge in [-0.1, -0.05) is 43.3 Å². The van der Waals surface area contributed by atoms with Gasteiger partial charge in [0.1, 0.15) is 6.04 Å². The zero-order valence-electron chi connectivity index (χ0n) is 16.8. The molecular formula is C23H25N3O4. The van der Waals surface area contributed by atoms with Crippen molar-refractivity contribution >= 4 is 11.8 Å². The van der Waals surface area contributed by atoms with Crippen LogP contribution in [0.15, 0.2) is 71.5 Å². The molecule has 1 unspecified atom stereocenters. The summed E-state index contributed by atoms with van der Waals surface area (Å²) in [4.78, 5) is 29.6. The van der Waals surface area contributed by atoms with E-state index in [-0.39, 0.29) is 18.2 Å². The van der Waals surface area contributed by atoms with Crippen LogP contribution < -0.4 is 15.4 Å². The van der Waals surface area contributed by atoms with Crippen LogP contribution in [0.25, 0.3) is 0 Å². The molecule has 0 aliphatic heterocycles. The molecule has 0 bridgehead atoms. The van der Waals surface area contributed by atoms with Gasteiger partial charge in [-0.05, 0) is 30.2 Å². The largest absolute Gasteiger partial charge is 0.477 e. The molecule has 0 aliphatic carbocycles. The van der Waals surface area contributed by atoms with Crippen molar-refractivity contribution in [2.24, 2.45) is 0 Å². The minimum Gasteiger partial charge on any atom is -0.477 e. The van der Waals surface area contributed by atoms with Crippen molar-refractivity contribution in [3.63, 3.8) is 0 Å². The minimum atomic E-state index is -0.762. The molecular weight excluding hydrogens is 382 g/mol. The summed E-state index contributed by atoms with van der Waals surface area (Å²) in [5.41, 5.74) is 1.71. The Morgan fingerprint density at radius 1 is 1.10 bits per heavy atom. The first-order chi connectivity index (χ1) is 14.7. The van der Waals surface area contributed by atoms with Gasteiger partial charge in [-0.3, -0.25) is 9.59 Å². The highest BCUT2D eigenvalue weighted by Crippen LogP contribution is 2.14. The van der Waals surface area contributed by atoms with E-state index in [9.17, 15) is 9.59 Å². The van der Waals surface area contributed by atoms with E-state index >= 15 is 0 Å². The first-order valence-corrected chi connectivity index (χ1v) is 9.90. The van der Waals surface area contributed by atoms with Crippen LogP contribution >= 0.6 is 0 Å². The van der Waals surface area contributed by atoms with E-state index in [1.165, 1.54) is 6.26 Å². The highest BCUT2D eigenvalue weighted by atomic mass is 16.5. The second kappa shape index (κ2) is 10.8. The molecule has 1 aromatic carbocycles. The molecule has 2 aromatic heterocycles. The molecule has 1 atom stereocenters. The number of carbonyl (C=O) groups excluding carboxylic acids is 2. The van der Waals surface area contributed by atoms with Crippen molar-refractivity contribution in [1.29, 1.82) is 0 Å². The number of aromatic nitrogens is 1. The Labute approximate surface area is 175 Å². The smallest absolute Gasteiger partial charge is 0.287 e. The predicted octanol–water partition coefficient (Wildman–Crippen LogP) is 3.12. The Balaban J connectivity index is 1.69. The Morgan fingerprint density at radius 2 is 1.93 bits per heavy atom. The molecule has 2 heterocycles. The maximum absolute atomic E-state index is 12.9. The maximum Gasteiger partial charge on any atom is 0.287 e. The highest BCUT2D eigenvalue weighted by molar-refractivity contribution is 5.95. The van der Waals surface area contributed by atoms with E-state index in [1.54, 1.807) is 24.4 Å². The van der Waals surface area contributed by atoms with Gasteiger partial charge in [0.2, 0.25) is 11.8 Å². The lowest BCUT2D eigenvalue weighted by Gasteiger charge is -2.19. The average molecular weight is 407 g/mol. The number of nitrogens with one attached hydrogen (secondary N) is 2.